The van der Waals surface area contributed by atoms with E-state index < -0.39 is 5.41 Å². The molecule has 1 heterocycles. The minimum absolute atomic E-state index is 0.0108. The van der Waals surface area contributed by atoms with E-state index >= 15 is 0 Å². The van der Waals surface area contributed by atoms with E-state index in [2.05, 4.69) is 10.3 Å². The van der Waals surface area contributed by atoms with Gasteiger partial charge in [0.05, 0.1) is 12.5 Å². The van der Waals surface area contributed by atoms with Gasteiger partial charge in [-0.1, -0.05) is 17.7 Å². The van der Waals surface area contributed by atoms with Gasteiger partial charge in [-0.25, -0.2) is 0 Å². The van der Waals surface area contributed by atoms with Crippen LogP contribution in [0.1, 0.15) is 18.4 Å². The van der Waals surface area contributed by atoms with Gasteiger partial charge in [0, 0.05) is 33.9 Å². The summed E-state index contributed by atoms with van der Waals surface area (Å²) in [4.78, 5) is 16.2. The Morgan fingerprint density at radius 3 is 2.83 bits per heavy atom. The number of rotatable bonds is 4. The molecule has 0 radical (unpaired) electrons. The number of benzene rings is 2. The van der Waals surface area contributed by atoms with Gasteiger partial charge < -0.3 is 15.0 Å². The molecule has 2 N–H and O–H groups in total. The summed E-state index contributed by atoms with van der Waals surface area (Å²) in [6.45, 7) is 0. The number of ether oxygens (including phenoxy) is 1. The largest absolute Gasteiger partial charge is 0.497 e. The van der Waals surface area contributed by atoms with E-state index in [9.17, 15) is 4.79 Å². The van der Waals surface area contributed by atoms with E-state index in [1.165, 1.54) is 0 Å². The maximum absolute atomic E-state index is 12.9. The number of halogens is 1. The van der Waals surface area contributed by atoms with Crippen LogP contribution in [-0.2, 0) is 10.2 Å². The minimum Gasteiger partial charge on any atom is -0.497 e. The Kier molecular flexibility index (Phi) is 3.50. The van der Waals surface area contributed by atoms with Crippen LogP contribution in [-0.4, -0.2) is 18.0 Å². The summed E-state index contributed by atoms with van der Waals surface area (Å²) < 4.78 is 5.21. The molecule has 122 valence electrons. The van der Waals surface area contributed by atoms with E-state index in [1.54, 1.807) is 7.11 Å². The zero-order chi connectivity index (χ0) is 16.7. The molecular weight excluding hydrogens is 324 g/mol. The third-order valence-electron chi connectivity index (χ3n) is 4.67. The summed E-state index contributed by atoms with van der Waals surface area (Å²) in [5, 5.41) is 4.71. The molecule has 4 nitrogen and oxygen atoms in total. The van der Waals surface area contributed by atoms with Crippen molar-refractivity contribution < 1.29 is 9.53 Å². The van der Waals surface area contributed by atoms with E-state index in [4.69, 9.17) is 16.3 Å². The summed E-state index contributed by atoms with van der Waals surface area (Å²) in [5.41, 5.74) is 2.27. The number of nitrogens with one attached hydrogen (secondary N) is 2. The first-order chi connectivity index (χ1) is 11.6. The highest BCUT2D eigenvalue weighted by Gasteiger charge is 2.52. The summed E-state index contributed by atoms with van der Waals surface area (Å²) >= 11 is 6.13. The predicted molar refractivity (Wildman–Crippen MR) is 95.8 cm³/mol. The monoisotopic (exact) mass is 340 g/mol. The van der Waals surface area contributed by atoms with Gasteiger partial charge in [0.1, 0.15) is 5.75 Å². The van der Waals surface area contributed by atoms with E-state index in [1.807, 2.05) is 48.7 Å². The smallest absolute Gasteiger partial charge is 0.235 e. The van der Waals surface area contributed by atoms with Crippen molar-refractivity contribution in [2.75, 3.05) is 12.4 Å². The number of amides is 1. The number of hydrogen-bond acceptors (Lipinski definition) is 2. The molecular formula is C19H17ClN2O2. The third-order valence-corrected chi connectivity index (χ3v) is 4.91. The Morgan fingerprint density at radius 2 is 2.08 bits per heavy atom. The van der Waals surface area contributed by atoms with Gasteiger partial charge in [0.15, 0.2) is 0 Å². The highest BCUT2D eigenvalue weighted by atomic mass is 35.5. The molecule has 0 unspecified atom stereocenters. The summed E-state index contributed by atoms with van der Waals surface area (Å²) in [6, 6.07) is 13.1. The highest BCUT2D eigenvalue weighted by molar-refractivity contribution is 6.31. The van der Waals surface area contributed by atoms with Gasteiger partial charge in [-0.15, -0.1) is 0 Å². The van der Waals surface area contributed by atoms with E-state index in [0.717, 1.165) is 40.7 Å². The lowest BCUT2D eigenvalue weighted by Crippen LogP contribution is -2.27. The van der Waals surface area contributed by atoms with Gasteiger partial charge in [-0.05, 0) is 48.7 Å². The van der Waals surface area contributed by atoms with E-state index in [-0.39, 0.29) is 5.91 Å². The van der Waals surface area contributed by atoms with Crippen LogP contribution in [0, 0.1) is 0 Å². The average Bonchev–Trinajstić information content (AvgIpc) is 3.29. The zero-order valence-electron chi connectivity index (χ0n) is 13.2. The number of H-pyrrole nitrogens is 1. The number of aromatic amines is 1. The van der Waals surface area contributed by atoms with E-state index in [0.29, 0.717) is 5.02 Å². The van der Waals surface area contributed by atoms with Crippen molar-refractivity contribution in [3.63, 3.8) is 0 Å². The average molecular weight is 341 g/mol. The second-order valence-corrected chi connectivity index (χ2v) is 6.60. The molecule has 0 atom stereocenters. The molecule has 3 aromatic rings. The van der Waals surface area contributed by atoms with Crippen LogP contribution in [0.5, 0.6) is 5.75 Å². The quantitative estimate of drug-likeness (QED) is 0.734. The van der Waals surface area contributed by atoms with Gasteiger partial charge in [-0.3, -0.25) is 4.79 Å². The third kappa shape index (κ3) is 2.43. The molecule has 1 amide bonds. The van der Waals surface area contributed by atoms with Gasteiger partial charge >= 0.3 is 0 Å². The fourth-order valence-corrected chi connectivity index (χ4v) is 3.36. The Bertz CT molecular complexity index is 928. The number of carbonyl (C=O) groups excluding carboxylic acids is 1. The molecule has 0 bridgehead atoms. The van der Waals surface area contributed by atoms with Gasteiger partial charge in [0.25, 0.3) is 0 Å². The lowest BCUT2D eigenvalue weighted by atomic mass is 9.94. The lowest BCUT2D eigenvalue weighted by molar-refractivity contribution is -0.118. The van der Waals surface area contributed by atoms with Crippen LogP contribution >= 0.6 is 11.6 Å². The molecule has 4 rings (SSSR count). The fraction of sp³-hybridized carbons (Fsp3) is 0.211. The highest BCUT2D eigenvalue weighted by Crippen LogP contribution is 2.51. The second-order valence-electron chi connectivity index (χ2n) is 6.16. The van der Waals surface area contributed by atoms with Crippen molar-refractivity contribution in [2.24, 2.45) is 0 Å². The van der Waals surface area contributed by atoms with Gasteiger partial charge in [-0.2, -0.15) is 0 Å². The minimum atomic E-state index is -0.480. The zero-order valence-corrected chi connectivity index (χ0v) is 14.0. The van der Waals surface area contributed by atoms with Crippen LogP contribution in [0.4, 0.5) is 5.69 Å². The van der Waals surface area contributed by atoms with Crippen molar-refractivity contribution in [1.82, 2.24) is 4.98 Å². The maximum Gasteiger partial charge on any atom is 0.235 e. The van der Waals surface area contributed by atoms with Crippen LogP contribution < -0.4 is 10.1 Å². The normalized spacial score (nSPS) is 15.2. The summed E-state index contributed by atoms with van der Waals surface area (Å²) in [6.07, 6.45) is 3.60. The Hall–Kier alpha value is -2.46. The first-order valence-corrected chi connectivity index (χ1v) is 8.23. The molecule has 1 aromatic heterocycles. The van der Waals surface area contributed by atoms with Crippen LogP contribution in [0.25, 0.3) is 10.9 Å². The standard InChI is InChI=1S/C19H17ClN2O2/c1-24-14-4-2-3-13(10-14)22-18(23)19(7-8-19)16-11-21-17-6-5-12(20)9-15(16)17/h2-6,9-11,21H,7-8H2,1H3,(H,22,23). The molecule has 1 aliphatic carbocycles. The molecule has 0 aliphatic heterocycles. The topological polar surface area (TPSA) is 54.1 Å². The predicted octanol–water partition coefficient (Wildman–Crippen LogP) is 4.50. The molecule has 0 spiro atoms. The van der Waals surface area contributed by atoms with Crippen molar-refractivity contribution in [3.05, 3.63) is 59.2 Å². The molecule has 2 aromatic carbocycles. The number of carbonyl (C=O) groups is 1. The Balaban J connectivity index is 1.66. The number of hydrogen-bond donors (Lipinski definition) is 2. The van der Waals surface area contributed by atoms with Crippen molar-refractivity contribution in [2.45, 2.75) is 18.3 Å². The summed E-state index contributed by atoms with van der Waals surface area (Å²) in [5.74, 6) is 0.730. The first-order valence-electron chi connectivity index (χ1n) is 7.85. The molecule has 5 heteroatoms. The second kappa shape index (κ2) is 5.56. The molecule has 0 saturated heterocycles. The summed E-state index contributed by atoms with van der Waals surface area (Å²) in [7, 11) is 1.61. The van der Waals surface area contributed by atoms with Crippen LogP contribution in [0.3, 0.4) is 0 Å². The van der Waals surface area contributed by atoms with Crippen molar-refractivity contribution in [3.8, 4) is 5.75 Å². The van der Waals surface area contributed by atoms with Crippen LogP contribution in [0.15, 0.2) is 48.7 Å². The maximum atomic E-state index is 12.9. The molecule has 1 aliphatic rings. The number of aromatic nitrogens is 1. The molecule has 1 saturated carbocycles. The molecule has 24 heavy (non-hydrogen) atoms. The lowest BCUT2D eigenvalue weighted by Gasteiger charge is -2.15. The van der Waals surface area contributed by atoms with Crippen molar-refractivity contribution in [1.29, 1.82) is 0 Å². The first kappa shape index (κ1) is 15.1. The number of anilines is 1. The number of methoxy groups -OCH3 is 1. The SMILES string of the molecule is COc1cccc(NC(=O)C2(c3c[nH]c4ccc(Cl)cc34)CC2)c1. The van der Waals surface area contributed by atoms with Gasteiger partial charge in [0.2, 0.25) is 5.91 Å². The Morgan fingerprint density at radius 1 is 1.25 bits per heavy atom. The van der Waals surface area contributed by atoms with Crippen LogP contribution in [0.2, 0.25) is 5.02 Å². The fourth-order valence-electron chi connectivity index (χ4n) is 3.18. The number of fused-ring (bicyclic) bond motifs is 1. The van der Waals surface area contributed by atoms with Crippen molar-refractivity contribution >= 4 is 34.1 Å². The Labute approximate surface area is 144 Å². The molecule has 1 fully saturated rings.